The maximum Gasteiger partial charge on any atom is 0.310 e. The van der Waals surface area contributed by atoms with E-state index in [2.05, 4.69) is 10.6 Å². The van der Waals surface area contributed by atoms with Gasteiger partial charge in [0.2, 0.25) is 11.8 Å². The maximum absolute atomic E-state index is 13.3. The molecule has 0 fully saturated rings. The molecular formula is C63H59Cl3F3N5O11. The molecule has 9 aromatic rings. The van der Waals surface area contributed by atoms with Gasteiger partial charge in [-0.3, -0.25) is 42.5 Å². The van der Waals surface area contributed by atoms with Gasteiger partial charge < -0.3 is 35.4 Å². The van der Waals surface area contributed by atoms with E-state index in [4.69, 9.17) is 49.4 Å². The summed E-state index contributed by atoms with van der Waals surface area (Å²) in [4.78, 5) is 75.7. The van der Waals surface area contributed by atoms with Gasteiger partial charge in [-0.15, -0.1) is 0 Å². The Morgan fingerprint density at radius 1 is 0.565 bits per heavy atom. The molecule has 0 radical (unpaired) electrons. The van der Waals surface area contributed by atoms with Crippen molar-refractivity contribution < 1.29 is 66.7 Å². The quantitative estimate of drug-likeness (QED) is 0.0650. The summed E-state index contributed by atoms with van der Waals surface area (Å²) in [7, 11) is 2.99. The number of benzene rings is 6. The molecule has 0 aliphatic carbocycles. The topological polar surface area (TPSA) is 220 Å². The molecule has 0 saturated heterocycles. The van der Waals surface area contributed by atoms with Crippen LogP contribution in [0, 0.1) is 38.2 Å². The van der Waals surface area contributed by atoms with Gasteiger partial charge in [0.25, 0.3) is 17.7 Å². The van der Waals surface area contributed by atoms with E-state index < -0.39 is 35.2 Å². The number of ether oxygens (including phenoxy) is 2. The van der Waals surface area contributed by atoms with Gasteiger partial charge in [0, 0.05) is 62.5 Å². The Bertz CT molecular complexity index is 4050. The number of phenols is 1. The highest BCUT2D eigenvalue weighted by atomic mass is 35.5. The number of carbonyl (C=O) groups is 6. The van der Waals surface area contributed by atoms with E-state index in [-0.39, 0.29) is 72.0 Å². The van der Waals surface area contributed by atoms with Crippen molar-refractivity contribution in [3.8, 4) is 17.2 Å². The third kappa shape index (κ3) is 13.8. The van der Waals surface area contributed by atoms with Crippen molar-refractivity contribution in [2.24, 2.45) is 0 Å². The molecule has 16 nitrogen and oxygen atoms in total. The third-order valence-electron chi connectivity index (χ3n) is 14.4. The first-order valence-corrected chi connectivity index (χ1v) is 27.6. The number of aliphatic hydroxyl groups is 1. The number of carboxylic acid groups (broad SMARTS) is 1. The van der Waals surface area contributed by atoms with Crippen molar-refractivity contribution in [2.75, 3.05) is 27.4 Å². The van der Waals surface area contributed by atoms with Crippen LogP contribution in [-0.4, -0.2) is 97.9 Å². The van der Waals surface area contributed by atoms with Crippen LogP contribution in [0.1, 0.15) is 98.0 Å². The number of hydrogen-bond acceptors (Lipinski definition) is 10. The van der Waals surface area contributed by atoms with E-state index in [1.807, 2.05) is 13.8 Å². The number of halogens is 6. The van der Waals surface area contributed by atoms with Crippen LogP contribution >= 0.6 is 34.8 Å². The number of phenolic OH excluding ortho intramolecular Hbond substituents is 1. The van der Waals surface area contributed by atoms with Gasteiger partial charge in [-0.25, -0.2) is 13.2 Å². The monoisotopic (exact) mass is 1220 g/mol. The van der Waals surface area contributed by atoms with Crippen LogP contribution in [0.3, 0.4) is 0 Å². The summed E-state index contributed by atoms with van der Waals surface area (Å²) in [5.74, 6) is -4.17. The van der Waals surface area contributed by atoms with Gasteiger partial charge >= 0.3 is 5.97 Å². The van der Waals surface area contributed by atoms with Crippen molar-refractivity contribution in [1.29, 1.82) is 0 Å². The number of aromatic hydroxyl groups is 1. The first-order valence-electron chi connectivity index (χ1n) is 26.4. The number of nitrogens with one attached hydrogen (secondary N) is 2. The predicted octanol–water partition coefficient (Wildman–Crippen LogP) is 12.3. The van der Waals surface area contributed by atoms with E-state index in [9.17, 15) is 52.2 Å². The fourth-order valence-corrected chi connectivity index (χ4v) is 10.4. The molecule has 5 N–H and O–H groups in total. The molecule has 0 saturated carbocycles. The summed E-state index contributed by atoms with van der Waals surface area (Å²) in [6.45, 7) is 10.6. The Balaban J connectivity index is 0.000000183. The van der Waals surface area contributed by atoms with Gasteiger partial charge in [0.05, 0.1) is 71.2 Å². The molecule has 0 aliphatic rings. The van der Waals surface area contributed by atoms with Crippen molar-refractivity contribution >= 4 is 103 Å². The number of fused-ring (bicyclic) bond motifs is 3. The fraction of sp³-hybridized carbons (Fsp3) is 0.238. The number of carboxylic acids is 1. The third-order valence-corrected chi connectivity index (χ3v) is 15.2. The zero-order chi connectivity index (χ0) is 62.3. The number of rotatable bonds is 15. The molecule has 6 aromatic carbocycles. The second-order valence-corrected chi connectivity index (χ2v) is 21.0. The lowest BCUT2D eigenvalue weighted by Gasteiger charge is -2.12. The maximum atomic E-state index is 13.3. The highest BCUT2D eigenvalue weighted by Crippen LogP contribution is 2.40. The number of nitrogens with zero attached hydrogens (tertiary/aromatic N) is 3. The molecule has 3 heterocycles. The van der Waals surface area contributed by atoms with Gasteiger partial charge in [-0.1, -0.05) is 41.7 Å². The summed E-state index contributed by atoms with van der Waals surface area (Å²) < 4.78 is 54.6. The molecule has 444 valence electrons. The number of aliphatic hydroxyl groups excluding tert-OH is 1. The predicted molar refractivity (Wildman–Crippen MR) is 320 cm³/mol. The molecule has 2 amide bonds. The van der Waals surface area contributed by atoms with Crippen LogP contribution in [0.25, 0.3) is 32.7 Å². The Morgan fingerprint density at radius 2 is 0.941 bits per heavy atom. The number of carbonyl (C=O) groups excluding carboxylic acids is 5. The Hall–Kier alpha value is -8.62. The minimum Gasteiger partial charge on any atom is -0.506 e. The van der Waals surface area contributed by atoms with Crippen LogP contribution in [0.4, 0.5) is 13.2 Å². The molecule has 22 heteroatoms. The van der Waals surface area contributed by atoms with Crippen molar-refractivity contribution in [2.45, 2.75) is 72.8 Å². The SMILES string of the molecule is CCC(C)NC(=O)Cc1c(C)n(C(=O)c2ccc(F)cc2)c2cc(Cl)c(OC)cc12.COc1cc2c(CC(=O)NCCO)c(C)n(C(=O)c3ccc(F)cc3)c2cc1Cl.Cc1c(C(C)C(=O)O)c2cc(O)c(Cl)cc2n1C(=O)c1ccc(F)cc1. The normalized spacial score (nSPS) is 11.8. The summed E-state index contributed by atoms with van der Waals surface area (Å²) in [5.41, 5.74) is 5.73. The van der Waals surface area contributed by atoms with E-state index in [0.29, 0.717) is 93.6 Å². The van der Waals surface area contributed by atoms with Crippen LogP contribution < -0.4 is 20.1 Å². The lowest BCUT2D eigenvalue weighted by atomic mass is 9.98. The number of hydrogen-bond donors (Lipinski definition) is 5. The summed E-state index contributed by atoms with van der Waals surface area (Å²) in [6, 6.07) is 25.2. The van der Waals surface area contributed by atoms with Gasteiger partial charge in [-0.05, 0) is 167 Å². The van der Waals surface area contributed by atoms with Crippen LogP contribution in [0.5, 0.6) is 17.2 Å². The van der Waals surface area contributed by atoms with Gasteiger partial charge in [-0.2, -0.15) is 0 Å². The molecule has 0 bridgehead atoms. The molecule has 9 rings (SSSR count). The second kappa shape index (κ2) is 27.4. The molecule has 2 atom stereocenters. The Labute approximate surface area is 501 Å². The number of aliphatic carboxylic acids is 1. The average Bonchev–Trinajstić information content (AvgIpc) is 3.88. The molecule has 85 heavy (non-hydrogen) atoms. The number of methoxy groups -OCH3 is 2. The molecule has 0 aliphatic heterocycles. The standard InChI is InChI=1S/C23H24ClFN2O3.C21H20ClFN2O4.C19H15ClFNO4/c1-5-13(2)26-22(28)11-17-14(3)27(23(29)15-6-8-16(25)9-7-15)20-12-19(24)21(30-4)10-18(17)20;1-12-15(10-20(27)24-7-8-26)16-9-19(29-2)17(22)11-18(16)25(12)21(28)13-3-5-14(23)6-4-13;1-9(19(25)26)17-10(2)22(15-8-14(20)16(23)7-13(15)17)18(24)11-3-5-12(21)6-4-11/h6-10,12-13H,5,11H2,1-4H3,(H,26,28);3-6,9,11,26H,7-8,10H2,1-2H3,(H,24,27);3-9,23H,1-2H3,(H,25,26). The zero-order valence-electron chi connectivity index (χ0n) is 47.3. The largest absolute Gasteiger partial charge is 0.506 e. The average molecular weight is 1230 g/mol. The van der Waals surface area contributed by atoms with Crippen molar-refractivity contribution in [3.63, 3.8) is 0 Å². The zero-order valence-corrected chi connectivity index (χ0v) is 49.6. The number of amides is 2. The minimum absolute atomic E-state index is 0.0107. The van der Waals surface area contributed by atoms with E-state index in [0.717, 1.165) is 12.0 Å². The fourth-order valence-electron chi connectivity index (χ4n) is 9.79. The van der Waals surface area contributed by atoms with Crippen LogP contribution in [-0.2, 0) is 27.2 Å². The summed E-state index contributed by atoms with van der Waals surface area (Å²) in [5, 5.41) is 36.3. The van der Waals surface area contributed by atoms with E-state index in [1.54, 1.807) is 45.0 Å². The van der Waals surface area contributed by atoms with Crippen LogP contribution in [0.15, 0.2) is 109 Å². The lowest BCUT2D eigenvalue weighted by Crippen LogP contribution is -2.33. The smallest absolute Gasteiger partial charge is 0.310 e. The van der Waals surface area contributed by atoms with Crippen LogP contribution in [0.2, 0.25) is 15.1 Å². The Kier molecular flexibility index (Phi) is 20.6. The first-order chi connectivity index (χ1) is 40.3. The molecule has 0 spiro atoms. The highest BCUT2D eigenvalue weighted by Gasteiger charge is 2.29. The highest BCUT2D eigenvalue weighted by molar-refractivity contribution is 6.34. The molecule has 2 unspecified atom stereocenters. The van der Waals surface area contributed by atoms with Gasteiger partial charge in [0.1, 0.15) is 34.7 Å². The Morgan fingerprint density at radius 3 is 1.32 bits per heavy atom. The van der Waals surface area contributed by atoms with Gasteiger partial charge in [0.15, 0.2) is 0 Å². The van der Waals surface area contributed by atoms with E-state index in [1.165, 1.54) is 120 Å². The first kappa shape index (κ1) is 64.0. The van der Waals surface area contributed by atoms with Crippen molar-refractivity contribution in [3.05, 3.63) is 192 Å². The molecule has 3 aromatic heterocycles. The molecular weight excluding hydrogens is 1170 g/mol. The minimum atomic E-state index is -1.06. The summed E-state index contributed by atoms with van der Waals surface area (Å²) in [6.07, 6.45) is 0.941. The number of aromatic nitrogens is 3. The second-order valence-electron chi connectivity index (χ2n) is 19.8. The van der Waals surface area contributed by atoms with E-state index >= 15 is 0 Å². The summed E-state index contributed by atoms with van der Waals surface area (Å²) >= 11 is 18.6. The lowest BCUT2D eigenvalue weighted by molar-refractivity contribution is -0.138. The van der Waals surface area contributed by atoms with Crippen molar-refractivity contribution in [1.82, 2.24) is 24.3 Å².